The van der Waals surface area contributed by atoms with Gasteiger partial charge in [-0.15, -0.1) is 0 Å². The van der Waals surface area contributed by atoms with Crippen molar-refractivity contribution >= 4 is 43.4 Å². The minimum Gasteiger partial charge on any atom is -0.341 e. The van der Waals surface area contributed by atoms with Gasteiger partial charge < -0.3 is 4.57 Å². The van der Waals surface area contributed by atoms with Gasteiger partial charge in [0, 0.05) is 28.4 Å². The Balaban J connectivity index is 1.13. The monoisotopic (exact) mass is 655 g/mol. The number of nitrogens with zero attached hydrogens (tertiary/aromatic N) is 1. The van der Waals surface area contributed by atoms with E-state index in [1.165, 1.54) is 93.4 Å². The Bertz CT molecular complexity index is 2660. The molecule has 0 aliphatic carbocycles. The molecule has 0 spiro atoms. The highest BCUT2D eigenvalue weighted by Crippen LogP contribution is 2.44. The molecule has 0 aliphatic rings. The number of fused-ring (bicyclic) bond motifs is 5. The van der Waals surface area contributed by atoms with Crippen molar-refractivity contribution in [2.24, 2.45) is 0 Å². The molecule has 0 saturated heterocycles. The van der Waals surface area contributed by atoms with Gasteiger partial charge in [0.15, 0.2) is 0 Å². The number of hydrogen-bond acceptors (Lipinski definition) is 0. The molecule has 1 nitrogen and oxygen atoms in total. The van der Waals surface area contributed by atoms with Gasteiger partial charge in [-0.3, -0.25) is 0 Å². The smallest absolute Gasteiger partial charge is 0.0491 e. The van der Waals surface area contributed by atoms with E-state index in [2.05, 4.69) is 196 Å². The largest absolute Gasteiger partial charge is 0.341 e. The molecule has 0 bridgehead atoms. The summed E-state index contributed by atoms with van der Waals surface area (Å²) in [4.78, 5) is 0. The van der Waals surface area contributed by atoms with E-state index in [9.17, 15) is 0 Å². The van der Waals surface area contributed by atoms with Crippen molar-refractivity contribution in [3.63, 3.8) is 0 Å². The number of rotatable bonds is 5. The van der Waals surface area contributed by atoms with Gasteiger partial charge in [-0.1, -0.05) is 166 Å². The van der Waals surface area contributed by atoms with Gasteiger partial charge in [-0.2, -0.15) is 0 Å². The lowest BCUT2D eigenvalue weighted by molar-refractivity contribution is 0.590. The van der Waals surface area contributed by atoms with Crippen LogP contribution >= 0.6 is 0 Å². The predicted octanol–water partition coefficient (Wildman–Crippen LogP) is 14.1. The number of hydrogen-bond donors (Lipinski definition) is 0. The lowest BCUT2D eigenvalue weighted by Gasteiger charge is -2.19. The van der Waals surface area contributed by atoms with Crippen LogP contribution in [0.3, 0.4) is 0 Å². The molecule has 0 radical (unpaired) electrons. The number of benzene rings is 8. The predicted molar refractivity (Wildman–Crippen MR) is 221 cm³/mol. The number of aryl methyl sites for hydroxylation is 1. The quantitative estimate of drug-likeness (QED) is 0.163. The molecule has 1 heterocycles. The van der Waals surface area contributed by atoms with Gasteiger partial charge in [0.1, 0.15) is 0 Å². The minimum atomic E-state index is 0.144. The van der Waals surface area contributed by atoms with Gasteiger partial charge >= 0.3 is 0 Å². The Hall–Kier alpha value is -5.92. The second-order valence-electron chi connectivity index (χ2n) is 14.8. The summed E-state index contributed by atoms with van der Waals surface area (Å²) in [6.07, 6.45) is 0. The van der Waals surface area contributed by atoms with Crippen molar-refractivity contribution in [2.75, 3.05) is 0 Å². The van der Waals surface area contributed by atoms with Crippen LogP contribution in [0.5, 0.6) is 0 Å². The van der Waals surface area contributed by atoms with E-state index in [4.69, 9.17) is 0 Å². The molecule has 9 rings (SSSR count). The second kappa shape index (κ2) is 12.1. The molecule has 0 N–H and O–H groups in total. The van der Waals surface area contributed by atoms with E-state index in [0.717, 1.165) is 6.54 Å². The highest BCUT2D eigenvalue weighted by molar-refractivity contribution is 6.21. The molecule has 0 saturated carbocycles. The lowest BCUT2D eigenvalue weighted by Crippen LogP contribution is -2.10. The Morgan fingerprint density at radius 2 is 0.745 bits per heavy atom. The molecule has 51 heavy (non-hydrogen) atoms. The van der Waals surface area contributed by atoms with E-state index in [1.807, 2.05) is 0 Å². The Morgan fingerprint density at radius 3 is 1.22 bits per heavy atom. The van der Waals surface area contributed by atoms with Gasteiger partial charge in [0.2, 0.25) is 0 Å². The average Bonchev–Trinajstić information content (AvgIpc) is 3.50. The number of aromatic nitrogens is 1. The van der Waals surface area contributed by atoms with Crippen molar-refractivity contribution in [3.8, 4) is 44.5 Å². The van der Waals surface area contributed by atoms with Gasteiger partial charge in [0.05, 0.1) is 0 Å². The summed E-state index contributed by atoms with van der Waals surface area (Å²) in [5, 5.41) is 7.72. The molecule has 1 aromatic heterocycles. The van der Waals surface area contributed by atoms with Crippen LogP contribution < -0.4 is 0 Å². The van der Waals surface area contributed by atoms with E-state index in [-0.39, 0.29) is 5.41 Å². The molecule has 8 aromatic carbocycles. The molecule has 0 unspecified atom stereocenters. The Morgan fingerprint density at radius 1 is 0.373 bits per heavy atom. The molecule has 0 fully saturated rings. The van der Waals surface area contributed by atoms with Crippen LogP contribution in [0.4, 0.5) is 0 Å². The zero-order chi connectivity index (χ0) is 34.7. The third-order valence-corrected chi connectivity index (χ3v) is 10.8. The minimum absolute atomic E-state index is 0.144. The highest BCUT2D eigenvalue weighted by Gasteiger charge is 2.18. The standard InChI is InChI=1S/C50H41N/c1-5-51-46-17-11-10-12-40(46)45-32-38(28-31-47(45)51)35-20-24-37(25-21-35)49-43-15-8-6-13-41(43)48(42-14-7-9-16-44(42)49)36-22-18-33(19-23-36)34-26-29-39(30-27-34)50(2,3)4/h6-32H,5H2,1-4H3. The van der Waals surface area contributed by atoms with Crippen LogP contribution in [-0.4, -0.2) is 4.57 Å². The van der Waals surface area contributed by atoms with E-state index < -0.39 is 0 Å². The van der Waals surface area contributed by atoms with Crippen LogP contribution in [0.15, 0.2) is 164 Å². The van der Waals surface area contributed by atoms with Gasteiger partial charge in [-0.05, 0) is 102 Å². The van der Waals surface area contributed by atoms with E-state index in [0.29, 0.717) is 0 Å². The summed E-state index contributed by atoms with van der Waals surface area (Å²) in [5.74, 6) is 0. The first-order chi connectivity index (χ1) is 24.9. The van der Waals surface area contributed by atoms with E-state index in [1.54, 1.807) is 0 Å². The summed E-state index contributed by atoms with van der Waals surface area (Å²) in [6.45, 7) is 9.97. The summed E-state index contributed by atoms with van der Waals surface area (Å²) in [7, 11) is 0. The third-order valence-electron chi connectivity index (χ3n) is 10.8. The Kier molecular flexibility index (Phi) is 7.40. The first-order valence-corrected chi connectivity index (χ1v) is 18.2. The topological polar surface area (TPSA) is 4.93 Å². The number of para-hydroxylation sites is 1. The Labute approximate surface area is 300 Å². The summed E-state index contributed by atoms with van der Waals surface area (Å²) in [5.41, 5.74) is 14.1. The SMILES string of the molecule is CCn1c2ccccc2c2cc(-c3ccc(-c4c5ccccc5c(-c5ccc(-c6ccc(C(C)(C)C)cc6)cc5)c5ccccc45)cc3)ccc21. The van der Waals surface area contributed by atoms with Crippen LogP contribution in [0.25, 0.3) is 87.9 Å². The van der Waals surface area contributed by atoms with Crippen LogP contribution in [0.1, 0.15) is 33.3 Å². The molecular formula is C50H41N. The molecule has 0 amide bonds. The van der Waals surface area contributed by atoms with Crippen molar-refractivity contribution in [2.45, 2.75) is 39.7 Å². The fourth-order valence-electron chi connectivity index (χ4n) is 8.15. The first-order valence-electron chi connectivity index (χ1n) is 18.2. The summed E-state index contributed by atoms with van der Waals surface area (Å²) in [6, 6.07) is 60.9. The highest BCUT2D eigenvalue weighted by atomic mass is 15.0. The zero-order valence-electron chi connectivity index (χ0n) is 29.7. The van der Waals surface area contributed by atoms with Crippen molar-refractivity contribution < 1.29 is 0 Å². The fraction of sp³-hybridized carbons (Fsp3) is 0.120. The maximum Gasteiger partial charge on any atom is 0.0491 e. The molecule has 0 aliphatic heterocycles. The normalized spacial score (nSPS) is 12.0. The molecule has 0 atom stereocenters. The van der Waals surface area contributed by atoms with Crippen LogP contribution in [0, 0.1) is 0 Å². The summed E-state index contributed by atoms with van der Waals surface area (Å²) >= 11 is 0. The zero-order valence-corrected chi connectivity index (χ0v) is 29.7. The summed E-state index contributed by atoms with van der Waals surface area (Å²) < 4.78 is 2.41. The van der Waals surface area contributed by atoms with Gasteiger partial charge in [0.25, 0.3) is 0 Å². The van der Waals surface area contributed by atoms with Crippen LogP contribution in [0.2, 0.25) is 0 Å². The fourth-order valence-corrected chi connectivity index (χ4v) is 8.15. The first kappa shape index (κ1) is 31.1. The maximum atomic E-state index is 2.41. The lowest BCUT2D eigenvalue weighted by atomic mass is 9.85. The van der Waals surface area contributed by atoms with Gasteiger partial charge in [-0.25, -0.2) is 0 Å². The molecular weight excluding hydrogens is 615 g/mol. The van der Waals surface area contributed by atoms with E-state index >= 15 is 0 Å². The molecule has 1 heteroatoms. The van der Waals surface area contributed by atoms with Crippen LogP contribution in [-0.2, 0) is 12.0 Å². The third kappa shape index (κ3) is 5.24. The maximum absolute atomic E-state index is 2.41. The van der Waals surface area contributed by atoms with Crippen molar-refractivity contribution in [3.05, 3.63) is 169 Å². The molecule has 246 valence electrons. The van der Waals surface area contributed by atoms with Crippen molar-refractivity contribution in [1.29, 1.82) is 0 Å². The molecule has 9 aromatic rings. The van der Waals surface area contributed by atoms with Crippen molar-refractivity contribution in [1.82, 2.24) is 4.57 Å². The second-order valence-corrected chi connectivity index (χ2v) is 14.8. The average molecular weight is 656 g/mol.